The number of rotatable bonds is 4. The van der Waals surface area contributed by atoms with Gasteiger partial charge in [-0.3, -0.25) is 9.89 Å². The number of aryl methyl sites for hydroxylation is 2. The van der Waals surface area contributed by atoms with Crippen LogP contribution >= 0.6 is 0 Å². The minimum absolute atomic E-state index is 0.0858. The standard InChI is InChI=1S/C20H19N5O2S/c1-12-9-18(23-11-17(12)28(22,27)16-7-8-16)25-20(26)19(13(2)24-25)15-5-3-14(10-21)4-6-15/h3-6,9,11,16,22,24H,7-8H2,1-2H3/t28-/m0/s1. The van der Waals surface area contributed by atoms with Crippen LogP contribution in [0.4, 0.5) is 0 Å². The van der Waals surface area contributed by atoms with Crippen molar-refractivity contribution < 1.29 is 4.21 Å². The lowest BCUT2D eigenvalue weighted by Gasteiger charge is -2.10. The molecule has 1 aliphatic rings. The summed E-state index contributed by atoms with van der Waals surface area (Å²) in [4.78, 5) is 17.7. The maximum Gasteiger partial charge on any atom is 0.280 e. The molecule has 4 rings (SSSR count). The van der Waals surface area contributed by atoms with Gasteiger partial charge in [-0.2, -0.15) is 5.26 Å². The van der Waals surface area contributed by atoms with Gasteiger partial charge in [-0.1, -0.05) is 12.1 Å². The third kappa shape index (κ3) is 2.94. The van der Waals surface area contributed by atoms with Gasteiger partial charge in [-0.25, -0.2) is 18.7 Å². The molecule has 2 aromatic heterocycles. The highest BCUT2D eigenvalue weighted by Crippen LogP contribution is 2.35. The fourth-order valence-electron chi connectivity index (χ4n) is 3.31. The van der Waals surface area contributed by atoms with Crippen LogP contribution in [0, 0.1) is 30.0 Å². The molecular formula is C20H19N5O2S. The van der Waals surface area contributed by atoms with Crippen molar-refractivity contribution in [2.75, 3.05) is 0 Å². The smallest absolute Gasteiger partial charge is 0.280 e. The lowest BCUT2D eigenvalue weighted by Crippen LogP contribution is -2.18. The first-order valence-electron chi connectivity index (χ1n) is 8.89. The second kappa shape index (κ2) is 6.46. The molecule has 8 heteroatoms. The van der Waals surface area contributed by atoms with E-state index in [1.54, 1.807) is 44.2 Å². The van der Waals surface area contributed by atoms with Crippen molar-refractivity contribution >= 4 is 9.73 Å². The van der Waals surface area contributed by atoms with Gasteiger partial charge in [0, 0.05) is 17.1 Å². The number of hydrogen-bond donors (Lipinski definition) is 2. The molecule has 1 aromatic carbocycles. The Morgan fingerprint density at radius 2 is 1.96 bits per heavy atom. The zero-order valence-electron chi connectivity index (χ0n) is 15.5. The Morgan fingerprint density at radius 3 is 2.54 bits per heavy atom. The Kier molecular flexibility index (Phi) is 4.20. The minimum atomic E-state index is -2.84. The molecule has 1 saturated carbocycles. The molecule has 0 unspecified atom stereocenters. The Labute approximate surface area is 162 Å². The molecule has 0 amide bonds. The van der Waals surface area contributed by atoms with Gasteiger partial charge in [0.15, 0.2) is 5.82 Å². The van der Waals surface area contributed by atoms with Crippen molar-refractivity contribution in [1.29, 1.82) is 10.0 Å². The molecule has 0 bridgehead atoms. The predicted octanol–water partition coefficient (Wildman–Crippen LogP) is 3.28. The van der Waals surface area contributed by atoms with E-state index in [9.17, 15) is 9.00 Å². The van der Waals surface area contributed by atoms with E-state index in [1.165, 1.54) is 10.9 Å². The van der Waals surface area contributed by atoms with Gasteiger partial charge < -0.3 is 0 Å². The molecule has 0 saturated heterocycles. The minimum Gasteiger partial charge on any atom is -0.293 e. The summed E-state index contributed by atoms with van der Waals surface area (Å²) in [6.07, 6.45) is 3.09. The van der Waals surface area contributed by atoms with E-state index in [1.807, 2.05) is 0 Å². The quantitative estimate of drug-likeness (QED) is 0.707. The highest BCUT2D eigenvalue weighted by molar-refractivity contribution is 7.93. The summed E-state index contributed by atoms with van der Waals surface area (Å²) >= 11 is 0. The third-order valence-electron chi connectivity index (χ3n) is 4.97. The topological polar surface area (TPSA) is 115 Å². The molecule has 2 heterocycles. The van der Waals surface area contributed by atoms with Crippen molar-refractivity contribution in [3.05, 3.63) is 63.7 Å². The van der Waals surface area contributed by atoms with Gasteiger partial charge in [-0.15, -0.1) is 0 Å². The van der Waals surface area contributed by atoms with Gasteiger partial charge in [0.25, 0.3) is 5.56 Å². The number of nitrogens with zero attached hydrogens (tertiary/aromatic N) is 3. The van der Waals surface area contributed by atoms with Crippen molar-refractivity contribution in [2.45, 2.75) is 36.8 Å². The second-order valence-corrected chi connectivity index (χ2v) is 9.36. The van der Waals surface area contributed by atoms with Gasteiger partial charge in [0.2, 0.25) is 0 Å². The molecule has 2 N–H and O–H groups in total. The first kappa shape index (κ1) is 18.2. The number of benzene rings is 1. The molecule has 0 radical (unpaired) electrons. The maximum absolute atomic E-state index is 13.0. The number of aromatic amines is 1. The van der Waals surface area contributed by atoms with Gasteiger partial charge in [-0.05, 0) is 56.0 Å². The summed E-state index contributed by atoms with van der Waals surface area (Å²) in [5.74, 6) is 0.389. The fourth-order valence-corrected chi connectivity index (χ4v) is 5.21. The first-order valence-corrected chi connectivity index (χ1v) is 10.5. The van der Waals surface area contributed by atoms with Gasteiger partial charge in [0.1, 0.15) is 0 Å². The van der Waals surface area contributed by atoms with Crippen LogP contribution in [0.3, 0.4) is 0 Å². The Morgan fingerprint density at radius 1 is 1.29 bits per heavy atom. The molecule has 1 fully saturated rings. The molecule has 142 valence electrons. The molecule has 0 spiro atoms. The second-order valence-electron chi connectivity index (χ2n) is 7.05. The highest BCUT2D eigenvalue weighted by atomic mass is 32.2. The lowest BCUT2D eigenvalue weighted by atomic mass is 10.1. The monoisotopic (exact) mass is 393 g/mol. The van der Waals surface area contributed by atoms with Crippen LogP contribution in [0.2, 0.25) is 0 Å². The van der Waals surface area contributed by atoms with Crippen molar-refractivity contribution in [3.63, 3.8) is 0 Å². The van der Waals surface area contributed by atoms with Crippen molar-refractivity contribution in [3.8, 4) is 23.0 Å². The van der Waals surface area contributed by atoms with Crippen LogP contribution < -0.4 is 5.56 Å². The number of nitrogens with one attached hydrogen (secondary N) is 2. The molecule has 7 nitrogen and oxygen atoms in total. The average molecular weight is 393 g/mol. The van der Waals surface area contributed by atoms with E-state index in [0.717, 1.165) is 12.8 Å². The van der Waals surface area contributed by atoms with Gasteiger partial charge in [0.05, 0.1) is 31.8 Å². The third-order valence-corrected chi connectivity index (χ3v) is 7.46. The van der Waals surface area contributed by atoms with E-state index >= 15 is 0 Å². The Balaban J connectivity index is 1.77. The molecule has 0 aliphatic heterocycles. The fraction of sp³-hybridized carbons (Fsp3) is 0.250. The number of H-pyrrole nitrogens is 1. The molecular weight excluding hydrogens is 374 g/mol. The van der Waals surface area contributed by atoms with Crippen LogP contribution in [0.1, 0.15) is 29.7 Å². The predicted molar refractivity (Wildman–Crippen MR) is 106 cm³/mol. The van der Waals surface area contributed by atoms with Crippen molar-refractivity contribution in [2.24, 2.45) is 0 Å². The van der Waals surface area contributed by atoms with E-state index in [-0.39, 0.29) is 10.8 Å². The number of aromatic nitrogens is 3. The Bertz CT molecular complexity index is 1270. The van der Waals surface area contributed by atoms with Gasteiger partial charge >= 0.3 is 0 Å². The Hall–Kier alpha value is -3.18. The molecule has 28 heavy (non-hydrogen) atoms. The summed E-state index contributed by atoms with van der Waals surface area (Å²) in [6, 6.07) is 10.6. The van der Waals surface area contributed by atoms with E-state index in [4.69, 9.17) is 10.0 Å². The largest absolute Gasteiger partial charge is 0.293 e. The summed E-state index contributed by atoms with van der Waals surface area (Å²) in [5.41, 5.74) is 2.87. The zero-order valence-corrected chi connectivity index (χ0v) is 16.3. The molecule has 1 aliphatic carbocycles. The lowest BCUT2D eigenvalue weighted by molar-refractivity contribution is 0.672. The summed E-state index contributed by atoms with van der Waals surface area (Å²) < 4.78 is 22.3. The average Bonchev–Trinajstić information content (AvgIpc) is 3.48. The first-order chi connectivity index (χ1) is 13.3. The number of hydrogen-bond acceptors (Lipinski definition) is 5. The van der Waals surface area contributed by atoms with Crippen molar-refractivity contribution in [1.82, 2.24) is 14.8 Å². The van der Waals surface area contributed by atoms with E-state index in [2.05, 4.69) is 16.2 Å². The zero-order chi connectivity index (χ0) is 20.1. The van der Waals surface area contributed by atoms with Crippen LogP contribution in [0.5, 0.6) is 0 Å². The van der Waals surface area contributed by atoms with Crippen LogP contribution in [-0.2, 0) is 9.73 Å². The summed E-state index contributed by atoms with van der Waals surface area (Å²) in [5, 5.41) is 11.9. The SMILES string of the molecule is Cc1cc(-n2[nH]c(C)c(-c3ccc(C#N)cc3)c2=O)ncc1[S@@](=N)(=O)C1CC1. The highest BCUT2D eigenvalue weighted by Gasteiger charge is 2.35. The maximum atomic E-state index is 13.0. The number of nitriles is 1. The van der Waals surface area contributed by atoms with Crippen LogP contribution in [-0.4, -0.2) is 24.2 Å². The number of pyridine rings is 1. The normalized spacial score (nSPS) is 15.8. The van der Waals surface area contributed by atoms with E-state index < -0.39 is 9.73 Å². The molecule has 3 aromatic rings. The summed E-state index contributed by atoms with van der Waals surface area (Å²) in [6.45, 7) is 3.59. The van der Waals surface area contributed by atoms with Crippen LogP contribution in [0.25, 0.3) is 16.9 Å². The summed E-state index contributed by atoms with van der Waals surface area (Å²) in [7, 11) is -2.84. The molecule has 1 atom stereocenters. The van der Waals surface area contributed by atoms with E-state index in [0.29, 0.717) is 38.7 Å². The van der Waals surface area contributed by atoms with Crippen LogP contribution in [0.15, 0.2) is 46.2 Å².